The Hall–Kier alpha value is -2.08. The van der Waals surface area contributed by atoms with Crippen molar-refractivity contribution >= 4 is 11.7 Å². The normalized spacial score (nSPS) is 9.41. The van der Waals surface area contributed by atoms with Crippen LogP contribution in [0.25, 0.3) is 0 Å². The number of carbonyl (C=O) groups excluding carboxylic acids is 2. The minimum Gasteiger partial charge on any atom is -0.345 e. The first-order valence-electron chi connectivity index (χ1n) is 5.43. The van der Waals surface area contributed by atoms with Crippen molar-refractivity contribution in [2.24, 2.45) is 0 Å². The topological polar surface area (TPSA) is 46.2 Å². The lowest BCUT2D eigenvalue weighted by atomic mass is 10.1. The molecule has 0 saturated carbocycles. The maximum absolute atomic E-state index is 11.7. The highest BCUT2D eigenvalue weighted by Gasteiger charge is 2.08. The van der Waals surface area contributed by atoms with E-state index < -0.39 is 0 Å². The maximum atomic E-state index is 11.7. The van der Waals surface area contributed by atoms with E-state index in [1.807, 2.05) is 19.1 Å². The summed E-state index contributed by atoms with van der Waals surface area (Å²) >= 11 is 0. The monoisotopic (exact) mass is 229 g/mol. The minimum absolute atomic E-state index is 0.0270. The molecule has 1 N–H and O–H groups in total. The lowest BCUT2D eigenvalue weighted by Crippen LogP contribution is -2.23. The van der Waals surface area contributed by atoms with E-state index in [2.05, 4.69) is 11.2 Å². The van der Waals surface area contributed by atoms with Crippen molar-refractivity contribution in [2.45, 2.75) is 19.8 Å². The zero-order chi connectivity index (χ0) is 12.7. The number of amides is 1. The number of aryl methyl sites for hydroxylation is 1. The zero-order valence-electron chi connectivity index (χ0n) is 9.82. The Bertz CT molecular complexity index is 440. The van der Waals surface area contributed by atoms with Crippen molar-refractivity contribution in [1.29, 1.82) is 0 Å². The number of hydrogen-bond donors (Lipinski definition) is 1. The SMILES string of the molecule is C#CCNC(=O)CCC(=O)c1ccc(C)cc1. The molecule has 0 atom stereocenters. The molecule has 0 aliphatic carbocycles. The van der Waals surface area contributed by atoms with Crippen molar-refractivity contribution in [3.8, 4) is 12.3 Å². The van der Waals surface area contributed by atoms with Gasteiger partial charge >= 0.3 is 0 Å². The molecule has 1 aromatic carbocycles. The van der Waals surface area contributed by atoms with Crippen LogP contribution in [-0.2, 0) is 4.79 Å². The van der Waals surface area contributed by atoms with Crippen molar-refractivity contribution < 1.29 is 9.59 Å². The fraction of sp³-hybridized carbons (Fsp3) is 0.286. The van der Waals surface area contributed by atoms with E-state index in [0.717, 1.165) is 5.56 Å². The van der Waals surface area contributed by atoms with Crippen LogP contribution in [-0.4, -0.2) is 18.2 Å². The van der Waals surface area contributed by atoms with Gasteiger partial charge in [0.1, 0.15) is 0 Å². The van der Waals surface area contributed by atoms with Crippen molar-refractivity contribution in [1.82, 2.24) is 5.32 Å². The molecule has 0 aromatic heterocycles. The van der Waals surface area contributed by atoms with Gasteiger partial charge in [-0.25, -0.2) is 0 Å². The molecule has 0 spiro atoms. The first-order valence-corrected chi connectivity index (χ1v) is 5.43. The van der Waals surface area contributed by atoms with Gasteiger partial charge in [0.15, 0.2) is 5.78 Å². The summed E-state index contributed by atoms with van der Waals surface area (Å²) in [5, 5.41) is 2.52. The van der Waals surface area contributed by atoms with Crippen LogP contribution in [0.3, 0.4) is 0 Å². The predicted octanol–water partition coefficient (Wildman–Crippen LogP) is 1.71. The molecule has 1 rings (SSSR count). The number of terminal acetylenes is 1. The van der Waals surface area contributed by atoms with Crippen LogP contribution < -0.4 is 5.32 Å². The second-order valence-corrected chi connectivity index (χ2v) is 3.77. The molecule has 0 aliphatic heterocycles. The van der Waals surface area contributed by atoms with Crippen LogP contribution >= 0.6 is 0 Å². The Morgan fingerprint density at radius 3 is 2.47 bits per heavy atom. The predicted molar refractivity (Wildman–Crippen MR) is 66.6 cm³/mol. The van der Waals surface area contributed by atoms with Crippen molar-refractivity contribution in [3.63, 3.8) is 0 Å². The van der Waals surface area contributed by atoms with Gasteiger partial charge in [0.05, 0.1) is 6.54 Å². The van der Waals surface area contributed by atoms with Crippen LogP contribution in [0.4, 0.5) is 0 Å². The molecule has 0 bridgehead atoms. The Labute approximate surface area is 101 Å². The standard InChI is InChI=1S/C14H15NO2/c1-3-10-15-14(17)9-8-13(16)12-6-4-11(2)5-7-12/h1,4-7H,8-10H2,2H3,(H,15,17). The lowest BCUT2D eigenvalue weighted by Gasteiger charge is -2.02. The van der Waals surface area contributed by atoms with E-state index in [4.69, 9.17) is 6.42 Å². The first kappa shape index (κ1) is 13.0. The minimum atomic E-state index is -0.191. The summed E-state index contributed by atoms with van der Waals surface area (Å²) in [4.78, 5) is 22.9. The second kappa shape index (κ2) is 6.49. The summed E-state index contributed by atoms with van der Waals surface area (Å²) in [5.41, 5.74) is 1.74. The zero-order valence-corrected chi connectivity index (χ0v) is 9.82. The summed E-state index contributed by atoms with van der Waals surface area (Å²) in [5.74, 6) is 2.09. The summed E-state index contributed by atoms with van der Waals surface area (Å²) in [6, 6.07) is 7.31. The van der Waals surface area contributed by atoms with Crippen LogP contribution in [0.2, 0.25) is 0 Å². The van der Waals surface area contributed by atoms with Gasteiger partial charge in [-0.3, -0.25) is 9.59 Å². The quantitative estimate of drug-likeness (QED) is 0.617. The molecule has 0 saturated heterocycles. The van der Waals surface area contributed by atoms with Gasteiger partial charge in [-0.15, -0.1) is 6.42 Å². The van der Waals surface area contributed by atoms with Gasteiger partial charge < -0.3 is 5.32 Å². The summed E-state index contributed by atoms with van der Waals surface area (Å²) in [6.07, 6.45) is 5.39. The van der Waals surface area contributed by atoms with E-state index in [-0.39, 0.29) is 31.1 Å². The lowest BCUT2D eigenvalue weighted by molar-refractivity contribution is -0.120. The molecule has 0 fully saturated rings. The molecule has 1 amide bonds. The van der Waals surface area contributed by atoms with E-state index in [0.29, 0.717) is 5.56 Å². The Morgan fingerprint density at radius 1 is 1.24 bits per heavy atom. The van der Waals surface area contributed by atoms with Crippen LogP contribution in [0.15, 0.2) is 24.3 Å². The fourth-order valence-corrected chi connectivity index (χ4v) is 1.35. The Kier molecular flexibility index (Phi) is 4.96. The molecule has 0 aliphatic rings. The van der Waals surface area contributed by atoms with Gasteiger partial charge in [0.25, 0.3) is 0 Å². The molecule has 17 heavy (non-hydrogen) atoms. The molecular weight excluding hydrogens is 214 g/mol. The molecule has 0 radical (unpaired) electrons. The number of benzene rings is 1. The third kappa shape index (κ3) is 4.52. The summed E-state index contributed by atoms with van der Waals surface area (Å²) < 4.78 is 0. The third-order valence-electron chi connectivity index (χ3n) is 2.34. The fourth-order valence-electron chi connectivity index (χ4n) is 1.35. The maximum Gasteiger partial charge on any atom is 0.221 e. The van der Waals surface area contributed by atoms with Gasteiger partial charge in [0.2, 0.25) is 5.91 Å². The van der Waals surface area contributed by atoms with Crippen LogP contribution in [0.1, 0.15) is 28.8 Å². The number of hydrogen-bond acceptors (Lipinski definition) is 2. The molecule has 3 heteroatoms. The highest BCUT2D eigenvalue weighted by atomic mass is 16.2. The molecule has 0 heterocycles. The van der Waals surface area contributed by atoms with Gasteiger partial charge in [-0.05, 0) is 6.92 Å². The number of carbonyl (C=O) groups is 2. The number of nitrogens with one attached hydrogen (secondary N) is 1. The summed E-state index contributed by atoms with van der Waals surface area (Å²) in [7, 11) is 0. The van der Waals surface area contributed by atoms with E-state index in [9.17, 15) is 9.59 Å². The largest absolute Gasteiger partial charge is 0.345 e. The van der Waals surface area contributed by atoms with Gasteiger partial charge in [-0.1, -0.05) is 35.7 Å². The van der Waals surface area contributed by atoms with Crippen LogP contribution in [0.5, 0.6) is 0 Å². The van der Waals surface area contributed by atoms with Crippen LogP contribution in [0, 0.1) is 19.3 Å². The molecule has 0 unspecified atom stereocenters. The Balaban J connectivity index is 2.42. The van der Waals surface area contributed by atoms with E-state index in [1.165, 1.54) is 0 Å². The molecular formula is C14H15NO2. The Morgan fingerprint density at radius 2 is 1.88 bits per heavy atom. The molecule has 3 nitrogen and oxygen atoms in total. The molecule has 88 valence electrons. The first-order chi connectivity index (χ1) is 8.13. The van der Waals surface area contributed by atoms with Crippen molar-refractivity contribution in [3.05, 3.63) is 35.4 Å². The number of ketones is 1. The summed E-state index contributed by atoms with van der Waals surface area (Å²) in [6.45, 7) is 2.17. The van der Waals surface area contributed by atoms with Gasteiger partial charge in [-0.2, -0.15) is 0 Å². The number of Topliss-reactive ketones (excluding diaryl/α,β-unsaturated/α-hetero) is 1. The highest BCUT2D eigenvalue weighted by molar-refractivity contribution is 5.97. The van der Waals surface area contributed by atoms with Gasteiger partial charge in [0, 0.05) is 18.4 Å². The van der Waals surface area contributed by atoms with E-state index >= 15 is 0 Å². The smallest absolute Gasteiger partial charge is 0.221 e. The van der Waals surface area contributed by atoms with E-state index in [1.54, 1.807) is 12.1 Å². The molecule has 1 aromatic rings. The average molecular weight is 229 g/mol. The number of rotatable bonds is 5. The average Bonchev–Trinajstić information content (AvgIpc) is 2.34. The van der Waals surface area contributed by atoms with Crippen molar-refractivity contribution in [2.75, 3.05) is 6.54 Å². The highest BCUT2D eigenvalue weighted by Crippen LogP contribution is 2.07. The second-order valence-electron chi connectivity index (χ2n) is 3.77. The third-order valence-corrected chi connectivity index (χ3v) is 2.34.